The molecule has 0 aliphatic carbocycles. The highest BCUT2D eigenvalue weighted by atomic mass is 15.1. The minimum atomic E-state index is -0.304. The zero-order valence-electron chi connectivity index (χ0n) is 8.95. The maximum absolute atomic E-state index is 8.47. The summed E-state index contributed by atoms with van der Waals surface area (Å²) in [5.41, 5.74) is 5.49. The molecule has 3 nitrogen and oxygen atoms in total. The Kier molecular flexibility index (Phi) is 6.56. The predicted molar refractivity (Wildman–Crippen MR) is 55.2 cm³/mol. The van der Waals surface area contributed by atoms with Gasteiger partial charge in [0.15, 0.2) is 0 Å². The number of nitrogens with zero attached hydrogens (tertiary/aromatic N) is 2. The molecule has 0 bridgehead atoms. The molecule has 0 radical (unpaired) electrons. The van der Waals surface area contributed by atoms with Crippen molar-refractivity contribution in [3.63, 3.8) is 0 Å². The Labute approximate surface area is 81.5 Å². The van der Waals surface area contributed by atoms with Gasteiger partial charge in [-0.3, -0.25) is 0 Å². The maximum Gasteiger partial charge on any atom is 0.0940 e. The average molecular weight is 183 g/mol. The largest absolute Gasteiger partial charge is 0.316 e. The van der Waals surface area contributed by atoms with Crippen LogP contribution in [-0.2, 0) is 0 Å². The Hall–Kier alpha value is -0.590. The van der Waals surface area contributed by atoms with Crippen LogP contribution in [0, 0.1) is 17.2 Å². The maximum atomic E-state index is 8.47. The lowest BCUT2D eigenvalue weighted by Gasteiger charge is -2.17. The molecule has 0 spiro atoms. The van der Waals surface area contributed by atoms with E-state index in [0.29, 0.717) is 0 Å². The molecule has 0 amide bonds. The molecule has 0 rings (SSSR count). The van der Waals surface area contributed by atoms with E-state index in [1.165, 1.54) is 6.42 Å². The lowest BCUT2D eigenvalue weighted by atomic mass is 10.1. The summed E-state index contributed by atoms with van der Waals surface area (Å²) < 4.78 is 0. The first-order valence-corrected chi connectivity index (χ1v) is 4.90. The summed E-state index contributed by atoms with van der Waals surface area (Å²) in [5.74, 6) is 0.743. The van der Waals surface area contributed by atoms with Crippen molar-refractivity contribution in [2.45, 2.75) is 32.7 Å². The normalized spacial score (nSPS) is 13.3. The fraction of sp³-hybridized carbons (Fsp3) is 0.900. The van der Waals surface area contributed by atoms with Gasteiger partial charge in [0.25, 0.3) is 0 Å². The molecule has 0 heterocycles. The van der Waals surface area contributed by atoms with Crippen LogP contribution in [0.5, 0.6) is 0 Å². The van der Waals surface area contributed by atoms with Crippen molar-refractivity contribution in [1.29, 1.82) is 5.26 Å². The van der Waals surface area contributed by atoms with Gasteiger partial charge in [-0.2, -0.15) is 5.26 Å². The van der Waals surface area contributed by atoms with E-state index in [1.807, 2.05) is 6.07 Å². The Morgan fingerprint density at radius 1 is 1.31 bits per heavy atom. The van der Waals surface area contributed by atoms with Crippen molar-refractivity contribution in [3.05, 3.63) is 0 Å². The van der Waals surface area contributed by atoms with E-state index in [-0.39, 0.29) is 6.04 Å². The first kappa shape index (κ1) is 12.4. The zero-order valence-corrected chi connectivity index (χ0v) is 8.95. The lowest BCUT2D eigenvalue weighted by Crippen LogP contribution is -2.28. The van der Waals surface area contributed by atoms with Crippen molar-refractivity contribution in [1.82, 2.24) is 4.90 Å². The fourth-order valence-corrected chi connectivity index (χ4v) is 1.01. The summed E-state index contributed by atoms with van der Waals surface area (Å²) in [7, 11) is 2.08. The third-order valence-corrected chi connectivity index (χ3v) is 2.08. The molecule has 0 aromatic rings. The molecule has 0 fully saturated rings. The second kappa shape index (κ2) is 6.88. The SMILES string of the molecule is CC(C)CCN(C)CCC(N)C#N. The van der Waals surface area contributed by atoms with Gasteiger partial charge in [-0.15, -0.1) is 0 Å². The molecule has 76 valence electrons. The molecule has 0 aliphatic rings. The smallest absolute Gasteiger partial charge is 0.0940 e. The van der Waals surface area contributed by atoms with Crippen molar-refractivity contribution in [2.24, 2.45) is 11.7 Å². The van der Waals surface area contributed by atoms with Crippen molar-refractivity contribution < 1.29 is 0 Å². The summed E-state index contributed by atoms with van der Waals surface area (Å²) in [6.45, 7) is 6.45. The van der Waals surface area contributed by atoms with E-state index >= 15 is 0 Å². The van der Waals surface area contributed by atoms with Crippen LogP contribution in [0.15, 0.2) is 0 Å². The minimum absolute atomic E-state index is 0.304. The molecule has 3 heteroatoms. The van der Waals surface area contributed by atoms with Crippen LogP contribution >= 0.6 is 0 Å². The molecule has 0 aromatic heterocycles. The Balaban J connectivity index is 3.41. The summed E-state index contributed by atoms with van der Waals surface area (Å²) >= 11 is 0. The first-order valence-electron chi connectivity index (χ1n) is 4.90. The molecule has 0 saturated carbocycles. The van der Waals surface area contributed by atoms with Gasteiger partial charge in [-0.1, -0.05) is 13.8 Å². The third-order valence-electron chi connectivity index (χ3n) is 2.08. The molecule has 1 unspecified atom stereocenters. The molecular formula is C10H21N3. The van der Waals surface area contributed by atoms with Crippen molar-refractivity contribution in [3.8, 4) is 6.07 Å². The minimum Gasteiger partial charge on any atom is -0.316 e. The Morgan fingerprint density at radius 3 is 2.31 bits per heavy atom. The number of hydrogen-bond acceptors (Lipinski definition) is 3. The van der Waals surface area contributed by atoms with Gasteiger partial charge in [-0.05, 0) is 32.4 Å². The standard InChI is InChI=1S/C10H21N3/c1-9(2)4-6-13(3)7-5-10(12)8-11/h9-10H,4-7,12H2,1-3H3. The van der Waals surface area contributed by atoms with Crippen LogP contribution in [0.4, 0.5) is 0 Å². The van der Waals surface area contributed by atoms with Crippen LogP contribution in [0.3, 0.4) is 0 Å². The predicted octanol–water partition coefficient (Wildman–Crippen LogP) is 1.21. The molecule has 1 atom stereocenters. The monoisotopic (exact) mass is 183 g/mol. The van der Waals surface area contributed by atoms with Crippen LogP contribution in [-0.4, -0.2) is 31.1 Å². The van der Waals surface area contributed by atoms with E-state index in [1.54, 1.807) is 0 Å². The van der Waals surface area contributed by atoms with Crippen LogP contribution in [0.2, 0.25) is 0 Å². The van der Waals surface area contributed by atoms with E-state index < -0.39 is 0 Å². The highest BCUT2D eigenvalue weighted by Gasteiger charge is 2.03. The Morgan fingerprint density at radius 2 is 1.85 bits per heavy atom. The van der Waals surface area contributed by atoms with Crippen molar-refractivity contribution in [2.75, 3.05) is 20.1 Å². The topological polar surface area (TPSA) is 53.0 Å². The average Bonchev–Trinajstić information content (AvgIpc) is 2.10. The number of rotatable bonds is 6. The summed E-state index contributed by atoms with van der Waals surface area (Å²) in [6.07, 6.45) is 1.98. The molecule has 0 aromatic carbocycles. The number of nitrogens with two attached hydrogens (primary N) is 1. The second-order valence-electron chi connectivity index (χ2n) is 4.01. The van der Waals surface area contributed by atoms with E-state index in [4.69, 9.17) is 11.0 Å². The van der Waals surface area contributed by atoms with E-state index in [9.17, 15) is 0 Å². The zero-order chi connectivity index (χ0) is 10.3. The Bertz CT molecular complexity index is 160. The molecular weight excluding hydrogens is 162 g/mol. The highest BCUT2D eigenvalue weighted by Crippen LogP contribution is 2.01. The fourth-order valence-electron chi connectivity index (χ4n) is 1.01. The number of hydrogen-bond donors (Lipinski definition) is 1. The van der Waals surface area contributed by atoms with Crippen molar-refractivity contribution >= 4 is 0 Å². The quantitative estimate of drug-likeness (QED) is 0.673. The van der Waals surface area contributed by atoms with Crippen LogP contribution < -0.4 is 5.73 Å². The molecule has 2 N–H and O–H groups in total. The molecule has 13 heavy (non-hydrogen) atoms. The van der Waals surface area contributed by atoms with Crippen LogP contribution in [0.1, 0.15) is 26.7 Å². The third kappa shape index (κ3) is 7.76. The van der Waals surface area contributed by atoms with Gasteiger partial charge in [-0.25, -0.2) is 0 Å². The summed E-state index contributed by atoms with van der Waals surface area (Å²) in [5, 5.41) is 8.47. The van der Waals surface area contributed by atoms with Gasteiger partial charge in [0.2, 0.25) is 0 Å². The lowest BCUT2D eigenvalue weighted by molar-refractivity contribution is 0.303. The second-order valence-corrected chi connectivity index (χ2v) is 4.01. The molecule has 0 saturated heterocycles. The van der Waals surface area contributed by atoms with E-state index in [2.05, 4.69) is 25.8 Å². The summed E-state index contributed by atoms with van der Waals surface area (Å²) in [6, 6.07) is 1.73. The highest BCUT2D eigenvalue weighted by molar-refractivity contribution is 4.86. The number of nitriles is 1. The van der Waals surface area contributed by atoms with Gasteiger partial charge >= 0.3 is 0 Å². The summed E-state index contributed by atoms with van der Waals surface area (Å²) in [4.78, 5) is 2.23. The van der Waals surface area contributed by atoms with E-state index in [0.717, 1.165) is 25.4 Å². The van der Waals surface area contributed by atoms with Gasteiger partial charge in [0.1, 0.15) is 0 Å². The van der Waals surface area contributed by atoms with Crippen LogP contribution in [0.25, 0.3) is 0 Å². The van der Waals surface area contributed by atoms with Gasteiger partial charge in [0.05, 0.1) is 12.1 Å². The first-order chi connectivity index (χ1) is 6.06. The van der Waals surface area contributed by atoms with Gasteiger partial charge in [0, 0.05) is 6.54 Å². The molecule has 0 aliphatic heterocycles. The van der Waals surface area contributed by atoms with Gasteiger partial charge < -0.3 is 10.6 Å².